The third-order valence-electron chi connectivity index (χ3n) is 4.36. The molecule has 0 spiro atoms. The lowest BCUT2D eigenvalue weighted by atomic mass is 10.2. The topological polar surface area (TPSA) is 63.0 Å². The second-order valence-corrected chi connectivity index (χ2v) is 6.55. The molecule has 2 amide bonds. The lowest BCUT2D eigenvalue weighted by Gasteiger charge is -2.28. The fourth-order valence-electron chi connectivity index (χ4n) is 3.08. The highest BCUT2D eigenvalue weighted by atomic mass is 16.5. The van der Waals surface area contributed by atoms with E-state index in [2.05, 4.69) is 0 Å². The Bertz CT molecular complexity index is 524. The van der Waals surface area contributed by atoms with E-state index in [-0.39, 0.29) is 24.5 Å². The van der Waals surface area contributed by atoms with E-state index in [1.807, 2.05) is 26.0 Å². The predicted octanol–water partition coefficient (Wildman–Crippen LogP) is 2.83. The molecule has 0 aromatic carbocycles. The van der Waals surface area contributed by atoms with Gasteiger partial charge in [-0.05, 0) is 37.8 Å². The first kappa shape index (κ1) is 19.5. The Hall–Kier alpha value is -1.82. The molecule has 1 saturated heterocycles. The van der Waals surface area contributed by atoms with Crippen LogP contribution in [-0.2, 0) is 20.9 Å². The number of nitrogens with zero attached hydrogens (tertiary/aromatic N) is 2. The average molecular weight is 350 g/mol. The number of hydrogen-bond acceptors (Lipinski definition) is 4. The summed E-state index contributed by atoms with van der Waals surface area (Å²) in [7, 11) is 0. The second-order valence-electron chi connectivity index (χ2n) is 6.55. The van der Waals surface area contributed by atoms with E-state index in [4.69, 9.17) is 9.15 Å². The minimum absolute atomic E-state index is 0.0489. The maximum Gasteiger partial charge on any atom is 0.242 e. The van der Waals surface area contributed by atoms with Crippen molar-refractivity contribution in [2.45, 2.75) is 58.6 Å². The van der Waals surface area contributed by atoms with E-state index in [0.29, 0.717) is 26.1 Å². The zero-order valence-electron chi connectivity index (χ0n) is 15.4. The van der Waals surface area contributed by atoms with Crippen LogP contribution in [0.4, 0.5) is 0 Å². The molecule has 0 N–H and O–H groups in total. The lowest BCUT2D eigenvalue weighted by Crippen LogP contribution is -2.45. The summed E-state index contributed by atoms with van der Waals surface area (Å²) in [5.74, 6) is 0.742. The Labute approximate surface area is 150 Å². The molecule has 140 valence electrons. The van der Waals surface area contributed by atoms with Crippen LogP contribution in [0.1, 0.15) is 51.7 Å². The van der Waals surface area contributed by atoms with E-state index in [0.717, 1.165) is 38.1 Å². The van der Waals surface area contributed by atoms with Gasteiger partial charge in [-0.1, -0.05) is 13.8 Å². The van der Waals surface area contributed by atoms with Crippen molar-refractivity contribution in [1.29, 1.82) is 0 Å². The van der Waals surface area contributed by atoms with E-state index < -0.39 is 0 Å². The SMILES string of the molecule is CCCC(=O)N(CCC)CC(=O)N(Cc1ccco1)CC1CCCO1. The molecule has 1 aliphatic heterocycles. The molecule has 1 aromatic rings. The molecule has 1 unspecified atom stereocenters. The van der Waals surface area contributed by atoms with Gasteiger partial charge in [-0.15, -0.1) is 0 Å². The van der Waals surface area contributed by atoms with Gasteiger partial charge in [0.1, 0.15) is 5.76 Å². The summed E-state index contributed by atoms with van der Waals surface area (Å²) < 4.78 is 11.1. The fourth-order valence-corrected chi connectivity index (χ4v) is 3.08. The van der Waals surface area contributed by atoms with Crippen molar-refractivity contribution in [2.24, 2.45) is 0 Å². The van der Waals surface area contributed by atoms with E-state index >= 15 is 0 Å². The third kappa shape index (κ3) is 6.20. The summed E-state index contributed by atoms with van der Waals surface area (Å²) in [6.07, 6.45) is 5.80. The Morgan fingerprint density at radius 2 is 2.04 bits per heavy atom. The minimum atomic E-state index is -0.0511. The number of furan rings is 1. The number of hydrogen-bond donors (Lipinski definition) is 0. The quantitative estimate of drug-likeness (QED) is 0.651. The highest BCUT2D eigenvalue weighted by Crippen LogP contribution is 2.16. The van der Waals surface area contributed by atoms with E-state index in [1.54, 1.807) is 16.1 Å². The molecule has 0 aliphatic carbocycles. The van der Waals surface area contributed by atoms with Crippen LogP contribution in [0.2, 0.25) is 0 Å². The summed E-state index contributed by atoms with van der Waals surface area (Å²) in [5.41, 5.74) is 0. The molecule has 2 rings (SSSR count). The predicted molar refractivity (Wildman–Crippen MR) is 94.9 cm³/mol. The molecule has 1 aromatic heterocycles. The molecule has 0 bridgehead atoms. The van der Waals surface area contributed by atoms with Crippen molar-refractivity contribution in [3.05, 3.63) is 24.2 Å². The van der Waals surface area contributed by atoms with Crippen LogP contribution in [0.3, 0.4) is 0 Å². The Balaban J connectivity index is 2.02. The van der Waals surface area contributed by atoms with Crippen LogP contribution >= 0.6 is 0 Å². The number of amides is 2. The normalized spacial score (nSPS) is 16.8. The first-order valence-electron chi connectivity index (χ1n) is 9.33. The number of carbonyl (C=O) groups is 2. The van der Waals surface area contributed by atoms with Crippen molar-refractivity contribution in [1.82, 2.24) is 9.80 Å². The molecule has 6 heteroatoms. The van der Waals surface area contributed by atoms with Crippen LogP contribution < -0.4 is 0 Å². The number of carbonyl (C=O) groups excluding carboxylic acids is 2. The monoisotopic (exact) mass is 350 g/mol. The van der Waals surface area contributed by atoms with Crippen molar-refractivity contribution in [3.63, 3.8) is 0 Å². The van der Waals surface area contributed by atoms with Gasteiger partial charge in [0.25, 0.3) is 0 Å². The van der Waals surface area contributed by atoms with Crippen molar-refractivity contribution in [3.8, 4) is 0 Å². The first-order valence-corrected chi connectivity index (χ1v) is 9.33. The Kier molecular flexibility index (Phi) is 7.98. The lowest BCUT2D eigenvalue weighted by molar-refractivity contribution is -0.142. The summed E-state index contributed by atoms with van der Waals surface area (Å²) in [6.45, 7) is 6.44. The van der Waals surface area contributed by atoms with Gasteiger partial charge in [0.05, 0.1) is 25.5 Å². The average Bonchev–Trinajstić information content (AvgIpc) is 3.28. The minimum Gasteiger partial charge on any atom is -0.467 e. The van der Waals surface area contributed by atoms with Gasteiger partial charge in [0, 0.05) is 26.1 Å². The highest BCUT2D eigenvalue weighted by molar-refractivity contribution is 5.84. The van der Waals surface area contributed by atoms with Gasteiger partial charge < -0.3 is 19.0 Å². The fraction of sp³-hybridized carbons (Fsp3) is 0.684. The molecule has 0 radical (unpaired) electrons. The Morgan fingerprint density at radius 1 is 1.20 bits per heavy atom. The Morgan fingerprint density at radius 3 is 2.64 bits per heavy atom. The van der Waals surface area contributed by atoms with Gasteiger partial charge in [0.15, 0.2) is 0 Å². The van der Waals surface area contributed by atoms with Crippen LogP contribution in [-0.4, -0.2) is 54.0 Å². The third-order valence-corrected chi connectivity index (χ3v) is 4.36. The number of rotatable bonds is 10. The molecular formula is C19H30N2O4. The summed E-state index contributed by atoms with van der Waals surface area (Å²) in [5, 5.41) is 0. The smallest absolute Gasteiger partial charge is 0.242 e. The van der Waals surface area contributed by atoms with Crippen LogP contribution in [0.15, 0.2) is 22.8 Å². The van der Waals surface area contributed by atoms with E-state index in [9.17, 15) is 9.59 Å². The molecule has 1 aliphatic rings. The standard InChI is InChI=1S/C19H30N2O4/c1-3-7-18(22)20(10-4-2)15-19(23)21(13-16-8-5-11-24-16)14-17-9-6-12-25-17/h5,8,11,17H,3-4,6-7,9-10,12-15H2,1-2H3. The summed E-state index contributed by atoms with van der Waals surface area (Å²) in [6, 6.07) is 3.68. The van der Waals surface area contributed by atoms with Gasteiger partial charge in [-0.2, -0.15) is 0 Å². The first-order chi connectivity index (χ1) is 12.1. The van der Waals surface area contributed by atoms with Crippen molar-refractivity contribution >= 4 is 11.8 Å². The van der Waals surface area contributed by atoms with Crippen molar-refractivity contribution < 1.29 is 18.7 Å². The highest BCUT2D eigenvalue weighted by Gasteiger charge is 2.25. The van der Waals surface area contributed by atoms with Crippen LogP contribution in [0, 0.1) is 0 Å². The molecule has 1 atom stereocenters. The van der Waals surface area contributed by atoms with Crippen LogP contribution in [0.5, 0.6) is 0 Å². The molecular weight excluding hydrogens is 320 g/mol. The van der Waals surface area contributed by atoms with Crippen LogP contribution in [0.25, 0.3) is 0 Å². The van der Waals surface area contributed by atoms with Crippen molar-refractivity contribution in [2.75, 3.05) is 26.2 Å². The maximum absolute atomic E-state index is 12.9. The molecule has 0 saturated carbocycles. The van der Waals surface area contributed by atoms with Gasteiger partial charge in [-0.3, -0.25) is 9.59 Å². The largest absolute Gasteiger partial charge is 0.467 e. The van der Waals surface area contributed by atoms with Gasteiger partial charge in [0.2, 0.25) is 11.8 Å². The molecule has 1 fully saturated rings. The summed E-state index contributed by atoms with van der Waals surface area (Å²) >= 11 is 0. The zero-order chi connectivity index (χ0) is 18.1. The summed E-state index contributed by atoms with van der Waals surface area (Å²) in [4.78, 5) is 28.6. The molecule has 25 heavy (non-hydrogen) atoms. The molecule has 6 nitrogen and oxygen atoms in total. The zero-order valence-corrected chi connectivity index (χ0v) is 15.4. The maximum atomic E-state index is 12.9. The number of ether oxygens (including phenoxy) is 1. The van der Waals surface area contributed by atoms with Gasteiger partial charge >= 0.3 is 0 Å². The second kappa shape index (κ2) is 10.2. The molecule has 2 heterocycles. The van der Waals surface area contributed by atoms with Gasteiger partial charge in [-0.25, -0.2) is 0 Å². The van der Waals surface area contributed by atoms with E-state index in [1.165, 1.54) is 0 Å².